The van der Waals surface area contributed by atoms with Crippen LogP contribution in [0.1, 0.15) is 0 Å². The molecule has 0 N–H and O–H groups in total. The lowest BCUT2D eigenvalue weighted by Crippen LogP contribution is -1.92. The van der Waals surface area contributed by atoms with Crippen molar-refractivity contribution < 1.29 is 0 Å². The molecule has 0 aromatic heterocycles. The van der Waals surface area contributed by atoms with E-state index in [0.29, 0.717) is 0 Å². The van der Waals surface area contributed by atoms with Crippen LogP contribution in [-0.2, 0) is 0 Å². The van der Waals surface area contributed by atoms with Gasteiger partial charge in [-0.15, -0.1) is 0 Å². The summed E-state index contributed by atoms with van der Waals surface area (Å²) >= 11 is 0. The van der Waals surface area contributed by atoms with Gasteiger partial charge in [0.25, 0.3) is 0 Å². The molecule has 0 amide bonds. The van der Waals surface area contributed by atoms with E-state index in [1.165, 1.54) is 142 Å². The van der Waals surface area contributed by atoms with E-state index in [-0.39, 0.29) is 0 Å². The molecule has 294 valence electrons. The third-order valence-electron chi connectivity index (χ3n) is 14.1. The van der Waals surface area contributed by atoms with Crippen LogP contribution in [-0.4, -0.2) is 0 Å². The number of rotatable bonds is 5. The van der Waals surface area contributed by atoms with Crippen molar-refractivity contribution in [3.05, 3.63) is 231 Å². The zero-order valence-corrected chi connectivity index (χ0v) is 34.9. The molecule has 0 atom stereocenters. The molecule has 64 heavy (non-hydrogen) atoms. The maximum atomic E-state index is 2.54. The van der Waals surface area contributed by atoms with Crippen LogP contribution < -0.4 is 0 Å². The Balaban J connectivity index is 1.27. The SMILES string of the molecule is c1ccc(-c2cccc(-c3ccccc3)c2-c2cc3c4ccccc4cc4c5c(-c6ccccc6)c6c(cc7c8ccccc8c8cccc6c87)c(-c6ccccc6)c5c(c2)c34)cc1. The molecule has 0 saturated carbocycles. The van der Waals surface area contributed by atoms with Crippen molar-refractivity contribution in [3.63, 3.8) is 0 Å². The fourth-order valence-electron chi connectivity index (χ4n) is 11.5. The largest absolute Gasteiger partial charge is 0.0622 e. The molecule has 0 heterocycles. The standard InChI is InChI=1S/C64H38/c1-5-19-39(20-6-1)46-31-17-32-47(40-21-7-2-8-22-40)57(46)44-36-52-45-28-14-13-27-43(45)35-54-61(52)55(37-44)63-58(41-23-9-3-10-24-41)56-38-53-49-30-16-15-29-48(49)50-33-18-34-51(60(50)53)62(56)59(64(54)63)42-25-11-4-12-26-42/h1-38H. The van der Waals surface area contributed by atoms with E-state index < -0.39 is 0 Å². The molecular formula is C64H38. The van der Waals surface area contributed by atoms with Crippen molar-refractivity contribution in [2.45, 2.75) is 0 Å². The van der Waals surface area contributed by atoms with Gasteiger partial charge in [0.1, 0.15) is 0 Å². The molecule has 0 unspecified atom stereocenters. The molecule has 0 spiro atoms. The summed E-state index contributed by atoms with van der Waals surface area (Å²) in [7, 11) is 0. The summed E-state index contributed by atoms with van der Waals surface area (Å²) in [4.78, 5) is 0. The first-order valence-electron chi connectivity index (χ1n) is 22.3. The Labute approximate surface area is 370 Å². The number of hydrogen-bond donors (Lipinski definition) is 0. The van der Waals surface area contributed by atoms with Crippen molar-refractivity contribution in [1.29, 1.82) is 0 Å². The smallest absolute Gasteiger partial charge is 0.000697 e. The summed E-state index contributed by atoms with van der Waals surface area (Å²) in [5.41, 5.74) is 12.4. The van der Waals surface area contributed by atoms with Crippen LogP contribution in [0.5, 0.6) is 0 Å². The first-order chi connectivity index (χ1) is 31.8. The molecule has 0 bridgehead atoms. The van der Waals surface area contributed by atoms with E-state index in [4.69, 9.17) is 0 Å². The maximum Gasteiger partial charge on any atom is -0.000697 e. The highest BCUT2D eigenvalue weighted by atomic mass is 14.3. The minimum Gasteiger partial charge on any atom is -0.0622 e. The van der Waals surface area contributed by atoms with Gasteiger partial charge in [0.2, 0.25) is 0 Å². The molecule has 0 nitrogen and oxygen atoms in total. The second-order valence-corrected chi connectivity index (χ2v) is 17.4. The molecule has 14 aromatic carbocycles. The van der Waals surface area contributed by atoms with Crippen LogP contribution in [0.3, 0.4) is 0 Å². The summed E-state index contributed by atoms with van der Waals surface area (Å²) in [5, 5.41) is 20.8. The fraction of sp³-hybridized carbons (Fsp3) is 0. The molecule has 0 aliphatic rings. The zero-order valence-electron chi connectivity index (χ0n) is 34.9. The zero-order chi connectivity index (χ0) is 41.9. The summed E-state index contributed by atoms with van der Waals surface area (Å²) in [5.74, 6) is 0. The van der Waals surface area contributed by atoms with Crippen LogP contribution >= 0.6 is 0 Å². The molecule has 0 saturated heterocycles. The molecular weight excluding hydrogens is 769 g/mol. The molecule has 0 radical (unpaired) electrons. The molecule has 0 fully saturated rings. The minimum absolute atomic E-state index is 1.21. The molecule has 0 aliphatic carbocycles. The normalized spacial score (nSPS) is 12.1. The van der Waals surface area contributed by atoms with Gasteiger partial charge in [-0.3, -0.25) is 0 Å². The Morgan fingerprint density at radius 3 is 1.27 bits per heavy atom. The van der Waals surface area contributed by atoms with Crippen LogP contribution in [0.25, 0.3) is 142 Å². The van der Waals surface area contributed by atoms with Crippen LogP contribution in [0.2, 0.25) is 0 Å². The second kappa shape index (κ2) is 13.6. The quantitative estimate of drug-likeness (QED) is 0.152. The Morgan fingerprint density at radius 1 is 0.172 bits per heavy atom. The van der Waals surface area contributed by atoms with Crippen LogP contribution in [0, 0.1) is 0 Å². The van der Waals surface area contributed by atoms with Gasteiger partial charge in [-0.2, -0.15) is 0 Å². The van der Waals surface area contributed by atoms with Gasteiger partial charge in [-0.25, -0.2) is 0 Å². The first kappa shape index (κ1) is 35.3. The van der Waals surface area contributed by atoms with Crippen LogP contribution in [0.4, 0.5) is 0 Å². The Bertz CT molecular complexity index is 4070. The summed E-state index contributed by atoms with van der Waals surface area (Å²) in [6.45, 7) is 0. The first-order valence-corrected chi connectivity index (χ1v) is 22.3. The highest BCUT2D eigenvalue weighted by molar-refractivity contribution is 6.46. The Morgan fingerprint density at radius 2 is 0.609 bits per heavy atom. The Hall–Kier alpha value is -8.32. The highest BCUT2D eigenvalue weighted by Crippen LogP contribution is 2.56. The molecule has 14 aromatic rings. The lowest BCUT2D eigenvalue weighted by molar-refractivity contribution is 1.57. The third-order valence-corrected chi connectivity index (χ3v) is 14.1. The summed E-state index contributed by atoms with van der Waals surface area (Å²) in [6.07, 6.45) is 0. The third kappa shape index (κ3) is 4.94. The number of fused-ring (bicyclic) bond motifs is 10. The summed E-state index contributed by atoms with van der Waals surface area (Å²) < 4.78 is 0. The monoisotopic (exact) mass is 806 g/mol. The average molecular weight is 807 g/mol. The van der Waals surface area contributed by atoms with Gasteiger partial charge in [-0.1, -0.05) is 206 Å². The predicted molar refractivity (Wildman–Crippen MR) is 276 cm³/mol. The van der Waals surface area contributed by atoms with Gasteiger partial charge in [0.15, 0.2) is 0 Å². The number of benzene rings is 12. The molecule has 14 rings (SSSR count). The van der Waals surface area contributed by atoms with E-state index in [1.807, 2.05) is 0 Å². The lowest BCUT2D eigenvalue weighted by atomic mass is 9.83. The van der Waals surface area contributed by atoms with Gasteiger partial charge < -0.3 is 0 Å². The molecule has 0 aliphatic heterocycles. The van der Waals surface area contributed by atoms with E-state index in [2.05, 4.69) is 231 Å². The van der Waals surface area contributed by atoms with Crippen molar-refractivity contribution >= 4 is 86.2 Å². The van der Waals surface area contributed by atoms with E-state index >= 15 is 0 Å². The van der Waals surface area contributed by atoms with Gasteiger partial charge in [0.05, 0.1) is 0 Å². The van der Waals surface area contributed by atoms with Crippen molar-refractivity contribution in [2.75, 3.05) is 0 Å². The Kier molecular flexibility index (Phi) is 7.49. The van der Waals surface area contributed by atoms with E-state index in [9.17, 15) is 0 Å². The highest BCUT2D eigenvalue weighted by Gasteiger charge is 2.28. The lowest BCUT2D eigenvalue weighted by Gasteiger charge is -2.19. The number of hydrogen-bond acceptors (Lipinski definition) is 0. The van der Waals surface area contributed by atoms with Gasteiger partial charge in [-0.05, 0) is 166 Å². The second-order valence-electron chi connectivity index (χ2n) is 17.4. The minimum atomic E-state index is 1.21. The topological polar surface area (TPSA) is 0 Å². The van der Waals surface area contributed by atoms with Crippen molar-refractivity contribution in [3.8, 4) is 55.6 Å². The van der Waals surface area contributed by atoms with E-state index in [1.54, 1.807) is 0 Å². The van der Waals surface area contributed by atoms with Gasteiger partial charge >= 0.3 is 0 Å². The summed E-state index contributed by atoms with van der Waals surface area (Å²) in [6, 6.07) is 86.1. The van der Waals surface area contributed by atoms with Crippen molar-refractivity contribution in [2.24, 2.45) is 0 Å². The maximum absolute atomic E-state index is 2.54. The van der Waals surface area contributed by atoms with Crippen molar-refractivity contribution in [1.82, 2.24) is 0 Å². The molecule has 0 heteroatoms. The van der Waals surface area contributed by atoms with Crippen LogP contribution in [0.15, 0.2) is 231 Å². The predicted octanol–water partition coefficient (Wildman–Crippen LogP) is 18.1. The van der Waals surface area contributed by atoms with Gasteiger partial charge in [0, 0.05) is 0 Å². The average Bonchev–Trinajstić information content (AvgIpc) is 3.87. The fourth-order valence-corrected chi connectivity index (χ4v) is 11.5. The van der Waals surface area contributed by atoms with E-state index in [0.717, 1.165) is 0 Å².